The summed E-state index contributed by atoms with van der Waals surface area (Å²) < 4.78 is 0. The van der Waals surface area contributed by atoms with Crippen LogP contribution in [0.25, 0.3) is 0 Å². The van der Waals surface area contributed by atoms with Crippen molar-refractivity contribution in [3.8, 4) is 0 Å². The number of rotatable bonds is 4. The second kappa shape index (κ2) is 5.30. The maximum absolute atomic E-state index is 5.74. The van der Waals surface area contributed by atoms with E-state index in [1.807, 2.05) is 11.3 Å². The highest BCUT2D eigenvalue weighted by Gasteiger charge is 2.17. The van der Waals surface area contributed by atoms with Crippen LogP contribution in [0, 0.1) is 0 Å². The van der Waals surface area contributed by atoms with Gasteiger partial charge in [-0.25, -0.2) is 4.98 Å². The molecule has 1 aliphatic carbocycles. The van der Waals surface area contributed by atoms with E-state index in [1.54, 1.807) is 0 Å². The van der Waals surface area contributed by atoms with E-state index in [1.165, 1.54) is 34.8 Å². The number of nitrogens with zero attached hydrogens (tertiary/aromatic N) is 1. The van der Waals surface area contributed by atoms with Crippen molar-refractivity contribution < 1.29 is 0 Å². The molecule has 2 rings (SSSR count). The molecule has 1 aromatic rings. The summed E-state index contributed by atoms with van der Waals surface area (Å²) in [5.74, 6) is 0. The molecule has 1 N–H and O–H groups in total. The lowest BCUT2D eigenvalue weighted by atomic mass is 10.0. The van der Waals surface area contributed by atoms with Crippen molar-refractivity contribution >= 4 is 22.9 Å². The van der Waals surface area contributed by atoms with Gasteiger partial charge in [0.25, 0.3) is 0 Å². The number of thiazole rings is 1. The van der Waals surface area contributed by atoms with Crippen LogP contribution in [0.15, 0.2) is 11.6 Å². The van der Waals surface area contributed by atoms with Crippen molar-refractivity contribution in [1.29, 1.82) is 0 Å². The van der Waals surface area contributed by atoms with Crippen molar-refractivity contribution in [2.75, 3.05) is 6.54 Å². The first-order chi connectivity index (χ1) is 7.66. The van der Waals surface area contributed by atoms with Gasteiger partial charge in [0.1, 0.15) is 5.01 Å². The van der Waals surface area contributed by atoms with E-state index in [-0.39, 0.29) is 6.04 Å². The van der Waals surface area contributed by atoms with Gasteiger partial charge in [-0.1, -0.05) is 18.2 Å². The Balaban J connectivity index is 2.03. The molecule has 0 amide bonds. The minimum atomic E-state index is 0.270. The lowest BCUT2D eigenvalue weighted by Gasteiger charge is -2.09. The normalized spacial score (nSPS) is 16.9. The summed E-state index contributed by atoms with van der Waals surface area (Å²) in [6.07, 6.45) is 4.97. The Hall–Kier alpha value is -0.380. The van der Waals surface area contributed by atoms with E-state index < -0.39 is 0 Å². The van der Waals surface area contributed by atoms with Crippen LogP contribution < -0.4 is 5.32 Å². The first-order valence-electron chi connectivity index (χ1n) is 5.72. The molecule has 16 heavy (non-hydrogen) atoms. The Morgan fingerprint density at radius 3 is 3.00 bits per heavy atom. The van der Waals surface area contributed by atoms with Crippen LogP contribution in [0.4, 0.5) is 0 Å². The molecular formula is C12H17ClN2S. The van der Waals surface area contributed by atoms with Crippen LogP contribution in [-0.2, 0) is 12.8 Å². The summed E-state index contributed by atoms with van der Waals surface area (Å²) in [6, 6.07) is 0.270. The molecule has 1 atom stereocenters. The molecule has 0 aliphatic heterocycles. The van der Waals surface area contributed by atoms with Crippen molar-refractivity contribution in [2.45, 2.75) is 38.6 Å². The van der Waals surface area contributed by atoms with Gasteiger partial charge in [0, 0.05) is 16.5 Å². The number of hydrogen-bond acceptors (Lipinski definition) is 3. The van der Waals surface area contributed by atoms with Gasteiger partial charge in [0.15, 0.2) is 0 Å². The van der Waals surface area contributed by atoms with Crippen molar-refractivity contribution in [2.24, 2.45) is 0 Å². The summed E-state index contributed by atoms with van der Waals surface area (Å²) >= 11 is 7.59. The van der Waals surface area contributed by atoms with Gasteiger partial charge in [-0.2, -0.15) is 0 Å². The third kappa shape index (κ3) is 2.84. The second-order valence-electron chi connectivity index (χ2n) is 4.25. The maximum atomic E-state index is 5.74. The van der Waals surface area contributed by atoms with E-state index >= 15 is 0 Å². The van der Waals surface area contributed by atoms with Crippen LogP contribution in [-0.4, -0.2) is 11.5 Å². The molecule has 1 heterocycles. The molecule has 4 heteroatoms. The third-order valence-electron chi connectivity index (χ3n) is 2.83. The number of hydrogen-bond donors (Lipinski definition) is 1. The SMILES string of the molecule is C=C(Cl)CNC(C)c1nc2c(s1)CCCC2. The standard InChI is InChI=1S/C12H17ClN2S/c1-8(13)7-14-9(2)12-15-10-5-3-4-6-11(10)16-12/h9,14H,1,3-7H2,2H3. The topological polar surface area (TPSA) is 24.9 Å². The van der Waals surface area contributed by atoms with Gasteiger partial charge in [-0.3, -0.25) is 0 Å². The summed E-state index contributed by atoms with van der Waals surface area (Å²) in [5.41, 5.74) is 1.32. The number of aryl methyl sites for hydroxylation is 2. The molecule has 0 saturated carbocycles. The highest BCUT2D eigenvalue weighted by molar-refractivity contribution is 7.11. The Bertz CT molecular complexity index is 363. The van der Waals surface area contributed by atoms with Crippen molar-refractivity contribution in [3.63, 3.8) is 0 Å². The number of nitrogens with one attached hydrogen (secondary N) is 1. The van der Waals surface area contributed by atoms with Crippen LogP contribution in [0.2, 0.25) is 0 Å². The molecule has 1 aromatic heterocycles. The minimum absolute atomic E-state index is 0.270. The zero-order valence-electron chi connectivity index (χ0n) is 9.55. The average Bonchev–Trinajstić information content (AvgIpc) is 2.69. The molecule has 88 valence electrons. The van der Waals surface area contributed by atoms with E-state index in [9.17, 15) is 0 Å². The predicted octanol–water partition coefficient (Wildman–Crippen LogP) is 3.43. The lowest BCUT2D eigenvalue weighted by molar-refractivity contribution is 0.605. The zero-order valence-corrected chi connectivity index (χ0v) is 11.1. The smallest absolute Gasteiger partial charge is 0.110 e. The van der Waals surface area contributed by atoms with Crippen LogP contribution >= 0.6 is 22.9 Å². The molecular weight excluding hydrogens is 240 g/mol. The molecule has 1 unspecified atom stereocenters. The van der Waals surface area contributed by atoms with Gasteiger partial charge < -0.3 is 5.32 Å². The van der Waals surface area contributed by atoms with E-state index in [2.05, 4.69) is 18.8 Å². The molecule has 0 spiro atoms. The first kappa shape index (κ1) is 12.1. The van der Waals surface area contributed by atoms with Crippen LogP contribution in [0.3, 0.4) is 0 Å². The molecule has 0 saturated heterocycles. The Labute approximate surface area is 106 Å². The highest BCUT2D eigenvalue weighted by atomic mass is 35.5. The molecule has 1 aliphatic rings. The number of aromatic nitrogens is 1. The van der Waals surface area contributed by atoms with Crippen molar-refractivity contribution in [3.05, 3.63) is 27.2 Å². The van der Waals surface area contributed by atoms with Gasteiger partial charge in [-0.15, -0.1) is 11.3 Å². The maximum Gasteiger partial charge on any atom is 0.110 e. The highest BCUT2D eigenvalue weighted by Crippen LogP contribution is 2.29. The number of fused-ring (bicyclic) bond motifs is 1. The number of halogens is 1. The molecule has 0 bridgehead atoms. The zero-order chi connectivity index (χ0) is 11.5. The molecule has 0 radical (unpaired) electrons. The summed E-state index contributed by atoms with van der Waals surface area (Å²) in [4.78, 5) is 6.20. The quantitative estimate of drug-likeness (QED) is 0.893. The monoisotopic (exact) mass is 256 g/mol. The Kier molecular flexibility index (Phi) is 4.00. The van der Waals surface area contributed by atoms with Gasteiger partial charge in [0.05, 0.1) is 11.7 Å². The fourth-order valence-electron chi connectivity index (χ4n) is 1.91. The predicted molar refractivity (Wildman–Crippen MR) is 70.2 cm³/mol. The molecule has 0 aromatic carbocycles. The van der Waals surface area contributed by atoms with Crippen LogP contribution in [0.1, 0.15) is 41.4 Å². The van der Waals surface area contributed by atoms with Gasteiger partial charge in [-0.05, 0) is 32.6 Å². The van der Waals surface area contributed by atoms with Gasteiger partial charge >= 0.3 is 0 Å². The van der Waals surface area contributed by atoms with Crippen molar-refractivity contribution in [1.82, 2.24) is 10.3 Å². The van der Waals surface area contributed by atoms with E-state index in [0.717, 1.165) is 6.42 Å². The van der Waals surface area contributed by atoms with Gasteiger partial charge in [0.2, 0.25) is 0 Å². The largest absolute Gasteiger partial charge is 0.303 e. The van der Waals surface area contributed by atoms with E-state index in [0.29, 0.717) is 11.6 Å². The van der Waals surface area contributed by atoms with Crippen LogP contribution in [0.5, 0.6) is 0 Å². The average molecular weight is 257 g/mol. The molecule has 0 fully saturated rings. The fraction of sp³-hybridized carbons (Fsp3) is 0.583. The Morgan fingerprint density at radius 1 is 1.56 bits per heavy atom. The summed E-state index contributed by atoms with van der Waals surface area (Å²) in [5, 5.41) is 5.16. The summed E-state index contributed by atoms with van der Waals surface area (Å²) in [6.45, 7) is 6.45. The van der Waals surface area contributed by atoms with E-state index in [4.69, 9.17) is 16.6 Å². The lowest BCUT2D eigenvalue weighted by Crippen LogP contribution is -2.19. The minimum Gasteiger partial charge on any atom is -0.303 e. The molecule has 2 nitrogen and oxygen atoms in total. The summed E-state index contributed by atoms with van der Waals surface area (Å²) in [7, 11) is 0. The Morgan fingerprint density at radius 2 is 2.31 bits per heavy atom. The fourth-order valence-corrected chi connectivity index (χ4v) is 3.17. The second-order valence-corrected chi connectivity index (χ2v) is 5.90. The third-order valence-corrected chi connectivity index (χ3v) is 4.31. The first-order valence-corrected chi connectivity index (χ1v) is 6.91.